The number of H-pyrrole nitrogens is 1. The number of aromatic amines is 1. The monoisotopic (exact) mass is 416 g/mol. The van der Waals surface area contributed by atoms with E-state index in [4.69, 9.17) is 5.73 Å². The maximum Gasteiger partial charge on any atom is 0.312 e. The number of benzene rings is 2. The molecule has 0 saturated heterocycles. The molecule has 0 bridgehead atoms. The van der Waals surface area contributed by atoms with Gasteiger partial charge in [-0.25, -0.2) is 0 Å². The second kappa shape index (κ2) is 7.86. The first-order valence-corrected chi connectivity index (χ1v) is 9.56. The summed E-state index contributed by atoms with van der Waals surface area (Å²) in [5, 5.41) is 23.6. The Bertz CT molecular complexity index is 1260. The third kappa shape index (κ3) is 3.68. The first-order valence-electron chi connectivity index (χ1n) is 9.56. The molecule has 1 amide bonds. The number of nitrogens with one attached hydrogen (secondary N) is 1. The summed E-state index contributed by atoms with van der Waals surface area (Å²) in [6.45, 7) is 3.50. The molecule has 0 aliphatic heterocycles. The van der Waals surface area contributed by atoms with Gasteiger partial charge in [0.15, 0.2) is 0 Å². The number of carbonyl (C=O) groups is 2. The predicted molar refractivity (Wildman–Crippen MR) is 114 cm³/mol. The van der Waals surface area contributed by atoms with Crippen molar-refractivity contribution < 1.29 is 14.7 Å². The van der Waals surface area contributed by atoms with Crippen LogP contribution in [0.1, 0.15) is 34.5 Å². The van der Waals surface area contributed by atoms with Crippen LogP contribution in [0.5, 0.6) is 0 Å². The quantitative estimate of drug-likeness (QED) is 0.441. The first kappa shape index (κ1) is 20.0. The third-order valence-electron chi connectivity index (χ3n) is 5.23. The average molecular weight is 416 g/mol. The lowest BCUT2D eigenvalue weighted by atomic mass is 10.1. The summed E-state index contributed by atoms with van der Waals surface area (Å²) in [7, 11) is 0. The Morgan fingerprint density at radius 1 is 1.06 bits per heavy atom. The molecule has 9 nitrogen and oxygen atoms in total. The molecule has 0 aliphatic rings. The van der Waals surface area contributed by atoms with E-state index in [1.54, 1.807) is 25.1 Å². The Hall–Kier alpha value is -4.27. The summed E-state index contributed by atoms with van der Waals surface area (Å²) in [6, 6.07) is 16.4. The van der Waals surface area contributed by atoms with E-state index in [-0.39, 0.29) is 0 Å². The lowest BCUT2D eigenvalue weighted by Crippen LogP contribution is -2.15. The summed E-state index contributed by atoms with van der Waals surface area (Å²) in [4.78, 5) is 23.3. The van der Waals surface area contributed by atoms with Crippen LogP contribution in [0.15, 0.2) is 54.6 Å². The van der Waals surface area contributed by atoms with Gasteiger partial charge in [0.25, 0.3) is 0 Å². The number of hydrogen-bond acceptors (Lipinski definition) is 5. The van der Waals surface area contributed by atoms with E-state index in [0.717, 1.165) is 28.1 Å². The number of carboxylic acids is 1. The van der Waals surface area contributed by atoms with Crippen molar-refractivity contribution in [2.45, 2.75) is 19.8 Å². The molecule has 1 atom stereocenters. The van der Waals surface area contributed by atoms with Crippen LogP contribution >= 0.6 is 0 Å². The summed E-state index contributed by atoms with van der Waals surface area (Å²) < 4.78 is 1.91. The van der Waals surface area contributed by atoms with Crippen molar-refractivity contribution in [1.29, 1.82) is 0 Å². The van der Waals surface area contributed by atoms with Crippen LogP contribution < -0.4 is 5.73 Å². The van der Waals surface area contributed by atoms with Crippen LogP contribution in [-0.4, -0.2) is 42.2 Å². The lowest BCUT2D eigenvalue weighted by molar-refractivity contribution is -0.138. The van der Waals surface area contributed by atoms with Crippen molar-refractivity contribution in [2.24, 2.45) is 5.73 Å². The molecular weight excluding hydrogens is 396 g/mol. The normalized spacial score (nSPS) is 11.9. The van der Waals surface area contributed by atoms with E-state index in [1.807, 2.05) is 47.9 Å². The van der Waals surface area contributed by atoms with Crippen molar-refractivity contribution in [1.82, 2.24) is 25.2 Å². The fraction of sp³-hybridized carbons (Fsp3) is 0.136. The molecule has 156 valence electrons. The standard InChI is InChI=1S/C22H20N6O3/c1-12-11-16(20(23)29)7-8-17(12)28-18(13(2)22(30)31)9-10-19(28)14-3-5-15(6-4-14)21-24-26-27-25-21/h3-11,13H,1-2H3,(H2,23,29)(H,30,31)(H,24,25,26,27). The van der Waals surface area contributed by atoms with E-state index in [1.165, 1.54) is 0 Å². The topological polar surface area (TPSA) is 140 Å². The van der Waals surface area contributed by atoms with Gasteiger partial charge in [-0.1, -0.05) is 24.3 Å². The van der Waals surface area contributed by atoms with E-state index in [9.17, 15) is 14.7 Å². The maximum absolute atomic E-state index is 11.7. The van der Waals surface area contributed by atoms with Crippen molar-refractivity contribution in [2.75, 3.05) is 0 Å². The van der Waals surface area contributed by atoms with Crippen molar-refractivity contribution in [3.05, 3.63) is 71.4 Å². The number of hydrogen-bond donors (Lipinski definition) is 3. The first-order chi connectivity index (χ1) is 14.9. The highest BCUT2D eigenvalue weighted by Gasteiger charge is 2.22. The number of nitrogens with zero attached hydrogens (tertiary/aromatic N) is 4. The molecule has 2 heterocycles. The Labute approximate surface area is 177 Å². The Morgan fingerprint density at radius 2 is 1.77 bits per heavy atom. The lowest BCUT2D eigenvalue weighted by Gasteiger charge is -2.19. The fourth-order valence-electron chi connectivity index (χ4n) is 3.54. The van der Waals surface area contributed by atoms with Crippen molar-refractivity contribution in [3.8, 4) is 28.3 Å². The zero-order valence-corrected chi connectivity index (χ0v) is 16.9. The molecule has 4 aromatic rings. The molecule has 0 spiro atoms. The molecule has 2 aromatic carbocycles. The van der Waals surface area contributed by atoms with Crippen molar-refractivity contribution in [3.63, 3.8) is 0 Å². The van der Waals surface area contributed by atoms with Gasteiger partial charge in [-0.3, -0.25) is 9.59 Å². The summed E-state index contributed by atoms with van der Waals surface area (Å²) in [6.07, 6.45) is 0. The van der Waals surface area contributed by atoms with Gasteiger partial charge in [0, 0.05) is 22.5 Å². The Kier molecular flexibility index (Phi) is 5.08. The average Bonchev–Trinajstić information content (AvgIpc) is 3.43. The van der Waals surface area contributed by atoms with Gasteiger partial charge in [0.2, 0.25) is 11.7 Å². The smallest absolute Gasteiger partial charge is 0.312 e. The van der Waals surface area contributed by atoms with E-state index < -0.39 is 17.8 Å². The number of carbonyl (C=O) groups excluding carboxylic acids is 1. The SMILES string of the molecule is Cc1cc(C(N)=O)ccc1-n1c(-c2ccc(-c3nn[nH]n3)cc2)ccc1C(C)C(=O)O. The van der Waals surface area contributed by atoms with Gasteiger partial charge in [-0.05, 0) is 60.5 Å². The van der Waals surface area contributed by atoms with Gasteiger partial charge in [0.1, 0.15) is 0 Å². The number of aromatic nitrogens is 5. The molecule has 2 aromatic heterocycles. The summed E-state index contributed by atoms with van der Waals surface area (Å²) in [5.74, 6) is -1.69. The second-order valence-corrected chi connectivity index (χ2v) is 7.22. The molecule has 4 rings (SSSR count). The minimum atomic E-state index is -0.926. The van der Waals surface area contributed by atoms with Gasteiger partial charge in [-0.15, -0.1) is 10.2 Å². The molecule has 1 unspecified atom stereocenters. The summed E-state index contributed by atoms with van der Waals surface area (Å²) in [5.41, 5.74) is 10.5. The van der Waals surface area contributed by atoms with Gasteiger partial charge < -0.3 is 15.4 Å². The number of tetrazole rings is 1. The van der Waals surface area contributed by atoms with E-state index in [0.29, 0.717) is 17.1 Å². The predicted octanol–water partition coefficient (Wildman–Crippen LogP) is 2.92. The molecule has 0 radical (unpaired) electrons. The van der Waals surface area contributed by atoms with Gasteiger partial charge in [-0.2, -0.15) is 5.21 Å². The molecular formula is C22H20N6O3. The highest BCUT2D eigenvalue weighted by atomic mass is 16.4. The number of aryl methyl sites for hydroxylation is 1. The van der Waals surface area contributed by atoms with E-state index in [2.05, 4.69) is 20.6 Å². The number of aliphatic carboxylic acids is 1. The number of rotatable bonds is 6. The third-order valence-corrected chi connectivity index (χ3v) is 5.23. The Balaban J connectivity index is 1.86. The Morgan fingerprint density at radius 3 is 2.35 bits per heavy atom. The van der Waals surface area contributed by atoms with Gasteiger partial charge >= 0.3 is 5.97 Å². The van der Waals surface area contributed by atoms with Crippen LogP contribution in [0, 0.1) is 6.92 Å². The zero-order chi connectivity index (χ0) is 22.1. The molecule has 9 heteroatoms. The highest BCUT2D eigenvalue weighted by molar-refractivity contribution is 5.93. The zero-order valence-electron chi connectivity index (χ0n) is 16.9. The largest absolute Gasteiger partial charge is 0.481 e. The fourth-order valence-corrected chi connectivity index (χ4v) is 3.54. The van der Waals surface area contributed by atoms with Crippen molar-refractivity contribution >= 4 is 11.9 Å². The number of primary amides is 1. The maximum atomic E-state index is 11.7. The van der Waals surface area contributed by atoms with Crippen LogP contribution in [-0.2, 0) is 4.79 Å². The molecule has 0 saturated carbocycles. The second-order valence-electron chi connectivity index (χ2n) is 7.22. The minimum absolute atomic E-state index is 0.396. The number of carboxylic acid groups (broad SMARTS) is 1. The van der Waals surface area contributed by atoms with Crippen LogP contribution in [0.4, 0.5) is 0 Å². The molecule has 4 N–H and O–H groups in total. The molecule has 0 fully saturated rings. The van der Waals surface area contributed by atoms with Crippen LogP contribution in [0.2, 0.25) is 0 Å². The highest BCUT2D eigenvalue weighted by Crippen LogP contribution is 2.33. The minimum Gasteiger partial charge on any atom is -0.481 e. The molecule has 31 heavy (non-hydrogen) atoms. The summed E-state index contributed by atoms with van der Waals surface area (Å²) >= 11 is 0. The number of nitrogens with two attached hydrogens (primary N) is 1. The van der Waals surface area contributed by atoms with Crippen LogP contribution in [0.3, 0.4) is 0 Å². The van der Waals surface area contributed by atoms with E-state index >= 15 is 0 Å². The molecule has 0 aliphatic carbocycles. The number of amides is 1. The van der Waals surface area contributed by atoms with Gasteiger partial charge in [0.05, 0.1) is 11.6 Å². The van der Waals surface area contributed by atoms with Crippen LogP contribution in [0.25, 0.3) is 28.3 Å².